The van der Waals surface area contributed by atoms with Crippen LogP contribution in [0.5, 0.6) is 0 Å². The summed E-state index contributed by atoms with van der Waals surface area (Å²) in [5, 5.41) is 0. The third kappa shape index (κ3) is 4.41. The van der Waals surface area contributed by atoms with E-state index in [0.29, 0.717) is 12.1 Å². The molecule has 0 amide bonds. The molecule has 1 saturated heterocycles. The molecule has 1 atom stereocenters. The highest BCUT2D eigenvalue weighted by molar-refractivity contribution is 5.24. The summed E-state index contributed by atoms with van der Waals surface area (Å²) in [5.41, 5.74) is 7.50. The van der Waals surface area contributed by atoms with E-state index in [4.69, 9.17) is 5.73 Å². The van der Waals surface area contributed by atoms with Crippen molar-refractivity contribution < 1.29 is 13.2 Å². The van der Waals surface area contributed by atoms with E-state index in [2.05, 4.69) is 4.90 Å². The van der Waals surface area contributed by atoms with Gasteiger partial charge in [0, 0.05) is 18.5 Å². The fourth-order valence-electron chi connectivity index (χ4n) is 3.74. The van der Waals surface area contributed by atoms with Gasteiger partial charge in [-0.25, -0.2) is 13.2 Å². The van der Waals surface area contributed by atoms with Gasteiger partial charge < -0.3 is 5.73 Å². The van der Waals surface area contributed by atoms with Crippen LogP contribution in [0.25, 0.3) is 0 Å². The Morgan fingerprint density at radius 3 is 2.20 bits per heavy atom. The lowest BCUT2D eigenvalue weighted by Crippen LogP contribution is -2.37. The van der Waals surface area contributed by atoms with E-state index in [1.807, 2.05) is 0 Å². The minimum absolute atomic E-state index is 0.0893. The topological polar surface area (TPSA) is 29.3 Å². The van der Waals surface area contributed by atoms with Crippen molar-refractivity contribution in [3.8, 4) is 0 Å². The van der Waals surface area contributed by atoms with Gasteiger partial charge in [-0.05, 0) is 67.7 Å². The van der Waals surface area contributed by atoms with Crippen LogP contribution in [0, 0.1) is 23.4 Å². The second kappa shape index (κ2) is 8.02. The molecule has 0 spiro atoms. The molecule has 0 bridgehead atoms. The van der Waals surface area contributed by atoms with Crippen LogP contribution in [-0.4, -0.2) is 24.5 Å². The first kappa shape index (κ1) is 18.0. The molecule has 134 valence electrons. The Morgan fingerprint density at radius 2 is 1.60 bits per heavy atom. The van der Waals surface area contributed by atoms with Crippen molar-refractivity contribution in [3.05, 3.63) is 71.0 Å². The Labute approximate surface area is 146 Å². The highest BCUT2D eigenvalue weighted by atomic mass is 19.1. The summed E-state index contributed by atoms with van der Waals surface area (Å²) in [6.45, 7) is 2.92. The quantitative estimate of drug-likeness (QED) is 0.883. The number of nitrogens with two attached hydrogens (primary N) is 1. The average molecular weight is 348 g/mol. The average Bonchev–Trinajstić information content (AvgIpc) is 2.61. The van der Waals surface area contributed by atoms with Gasteiger partial charge in [-0.2, -0.15) is 0 Å². The predicted molar refractivity (Wildman–Crippen MR) is 92.6 cm³/mol. The van der Waals surface area contributed by atoms with Crippen molar-refractivity contribution in [2.24, 2.45) is 11.7 Å². The SMILES string of the molecule is NCC(c1ccc(F)cc1F)C1CCN(Cc2ccc(F)cc2)CC1. The first-order valence-corrected chi connectivity index (χ1v) is 8.68. The molecule has 0 aromatic heterocycles. The Hall–Kier alpha value is -1.85. The van der Waals surface area contributed by atoms with Crippen LogP contribution < -0.4 is 5.73 Å². The first-order chi connectivity index (χ1) is 12.1. The second-order valence-electron chi connectivity index (χ2n) is 6.75. The van der Waals surface area contributed by atoms with E-state index in [1.54, 1.807) is 12.1 Å². The van der Waals surface area contributed by atoms with Gasteiger partial charge in [-0.15, -0.1) is 0 Å². The molecule has 3 rings (SSSR count). The minimum atomic E-state index is -0.564. The number of rotatable bonds is 5. The summed E-state index contributed by atoms with van der Waals surface area (Å²) in [6.07, 6.45) is 1.83. The summed E-state index contributed by atoms with van der Waals surface area (Å²) in [6, 6.07) is 10.3. The first-order valence-electron chi connectivity index (χ1n) is 8.68. The van der Waals surface area contributed by atoms with Crippen molar-refractivity contribution in [3.63, 3.8) is 0 Å². The van der Waals surface area contributed by atoms with Crippen molar-refractivity contribution >= 4 is 0 Å². The molecule has 0 saturated carbocycles. The maximum Gasteiger partial charge on any atom is 0.129 e. The molecule has 1 aliphatic rings. The molecule has 1 aliphatic heterocycles. The maximum atomic E-state index is 14.1. The van der Waals surface area contributed by atoms with E-state index >= 15 is 0 Å². The molecular formula is C20H23F3N2. The summed E-state index contributed by atoms with van der Waals surface area (Å²) in [4.78, 5) is 2.32. The Kier molecular flexibility index (Phi) is 5.76. The normalized spacial score (nSPS) is 17.6. The number of nitrogens with zero attached hydrogens (tertiary/aromatic N) is 1. The largest absolute Gasteiger partial charge is 0.330 e. The zero-order chi connectivity index (χ0) is 17.8. The molecule has 2 aromatic carbocycles. The summed E-state index contributed by atoms with van der Waals surface area (Å²) < 4.78 is 40.2. The Balaban J connectivity index is 1.61. The second-order valence-corrected chi connectivity index (χ2v) is 6.75. The smallest absolute Gasteiger partial charge is 0.129 e. The number of halogens is 3. The number of hydrogen-bond donors (Lipinski definition) is 1. The van der Waals surface area contributed by atoms with E-state index in [1.165, 1.54) is 24.3 Å². The van der Waals surface area contributed by atoms with Crippen LogP contribution in [-0.2, 0) is 6.54 Å². The molecule has 0 aliphatic carbocycles. The predicted octanol–water partition coefficient (Wildman–Crippen LogP) is 4.06. The van der Waals surface area contributed by atoms with Crippen LogP contribution in [0.3, 0.4) is 0 Å². The molecule has 1 unspecified atom stereocenters. The Morgan fingerprint density at radius 1 is 0.960 bits per heavy atom. The minimum Gasteiger partial charge on any atom is -0.330 e. The van der Waals surface area contributed by atoms with E-state index in [-0.39, 0.29) is 17.7 Å². The summed E-state index contributed by atoms with van der Waals surface area (Å²) >= 11 is 0. The van der Waals surface area contributed by atoms with Crippen LogP contribution in [0.1, 0.15) is 29.9 Å². The van der Waals surface area contributed by atoms with Crippen molar-refractivity contribution in [1.29, 1.82) is 0 Å². The van der Waals surface area contributed by atoms with Crippen molar-refractivity contribution in [1.82, 2.24) is 4.90 Å². The van der Waals surface area contributed by atoms with Crippen LogP contribution >= 0.6 is 0 Å². The van der Waals surface area contributed by atoms with Crippen LogP contribution in [0.15, 0.2) is 42.5 Å². The van der Waals surface area contributed by atoms with Crippen molar-refractivity contribution in [2.45, 2.75) is 25.3 Å². The van der Waals surface area contributed by atoms with Crippen LogP contribution in [0.2, 0.25) is 0 Å². The molecule has 25 heavy (non-hydrogen) atoms. The third-order valence-corrected chi connectivity index (χ3v) is 5.14. The van der Waals surface area contributed by atoms with Gasteiger partial charge in [0.05, 0.1) is 0 Å². The number of likely N-dealkylation sites (tertiary alicyclic amines) is 1. The number of benzene rings is 2. The highest BCUT2D eigenvalue weighted by Crippen LogP contribution is 2.34. The molecule has 0 radical (unpaired) electrons. The molecule has 1 fully saturated rings. The molecule has 5 heteroatoms. The lowest BCUT2D eigenvalue weighted by Gasteiger charge is -2.36. The van der Waals surface area contributed by atoms with E-state index in [9.17, 15) is 13.2 Å². The maximum absolute atomic E-state index is 14.1. The molecule has 2 aromatic rings. The molecule has 2 nitrogen and oxygen atoms in total. The summed E-state index contributed by atoms with van der Waals surface area (Å²) in [7, 11) is 0. The monoisotopic (exact) mass is 348 g/mol. The molecular weight excluding hydrogens is 325 g/mol. The summed E-state index contributed by atoms with van der Waals surface area (Å²) in [5.74, 6) is -1.10. The number of piperidine rings is 1. The van der Waals surface area contributed by atoms with Gasteiger partial charge in [0.1, 0.15) is 17.5 Å². The lowest BCUT2D eigenvalue weighted by atomic mass is 9.80. The van der Waals surface area contributed by atoms with Gasteiger partial charge in [0.15, 0.2) is 0 Å². The van der Waals surface area contributed by atoms with Gasteiger partial charge in [0.2, 0.25) is 0 Å². The van der Waals surface area contributed by atoms with Crippen LogP contribution in [0.4, 0.5) is 13.2 Å². The fourth-order valence-corrected chi connectivity index (χ4v) is 3.74. The van der Waals surface area contributed by atoms with E-state index in [0.717, 1.165) is 44.1 Å². The van der Waals surface area contributed by atoms with Gasteiger partial charge in [-0.1, -0.05) is 18.2 Å². The lowest BCUT2D eigenvalue weighted by molar-refractivity contribution is 0.162. The highest BCUT2D eigenvalue weighted by Gasteiger charge is 2.28. The standard InChI is InChI=1S/C20H23F3N2/c21-16-3-1-14(2-4-16)13-25-9-7-15(8-10-25)19(12-24)18-6-5-17(22)11-20(18)23/h1-6,11,15,19H,7-10,12-13,24H2. The molecule has 1 heterocycles. The zero-order valence-electron chi connectivity index (χ0n) is 14.1. The van der Waals surface area contributed by atoms with Gasteiger partial charge in [0.25, 0.3) is 0 Å². The Bertz CT molecular complexity index is 695. The van der Waals surface area contributed by atoms with E-state index < -0.39 is 11.6 Å². The van der Waals surface area contributed by atoms with Gasteiger partial charge >= 0.3 is 0 Å². The third-order valence-electron chi connectivity index (χ3n) is 5.14. The zero-order valence-corrected chi connectivity index (χ0v) is 14.1. The van der Waals surface area contributed by atoms with Gasteiger partial charge in [-0.3, -0.25) is 4.90 Å². The fraction of sp³-hybridized carbons (Fsp3) is 0.400. The van der Waals surface area contributed by atoms with Crippen molar-refractivity contribution in [2.75, 3.05) is 19.6 Å². The number of hydrogen-bond acceptors (Lipinski definition) is 2. The molecule has 2 N–H and O–H groups in total.